The number of anilines is 1. The number of piperidine rings is 1. The van der Waals surface area contributed by atoms with E-state index < -0.39 is 21.9 Å². The Hall–Kier alpha value is -2.84. The Kier molecular flexibility index (Phi) is 5.45. The summed E-state index contributed by atoms with van der Waals surface area (Å²) in [4.78, 5) is 0. The van der Waals surface area contributed by atoms with Crippen molar-refractivity contribution in [2.75, 3.05) is 17.8 Å². The van der Waals surface area contributed by atoms with Crippen LogP contribution in [-0.2, 0) is 16.4 Å². The summed E-state index contributed by atoms with van der Waals surface area (Å²) < 4.78 is 68.4. The molecule has 1 aliphatic heterocycles. The van der Waals surface area contributed by atoms with Crippen LogP contribution in [0, 0.1) is 5.92 Å². The second-order valence-corrected chi connectivity index (χ2v) is 10.3. The summed E-state index contributed by atoms with van der Waals surface area (Å²) in [6.45, 7) is 0.728. The number of alkyl halides is 3. The summed E-state index contributed by atoms with van der Waals surface area (Å²) in [5.74, 6) is 0.217. The molecular weight excluding hydrogens is 449 g/mol. The van der Waals surface area contributed by atoms with Crippen molar-refractivity contribution in [1.29, 1.82) is 0 Å². The first kappa shape index (κ1) is 22.0. The standard InChI is InChI=1S/C25H23F3N2O2S/c26-25(27,28)18-11-13-19(14-12-18)29-33(31,32)30-15-5-6-17(16-30)24-22-9-3-1-7-20(22)21-8-2-4-10-23(21)24/h1-4,7-14,17,24,29H,5-6,15-16H2. The fourth-order valence-electron chi connectivity index (χ4n) is 5.11. The Morgan fingerprint density at radius 3 is 2.00 bits per heavy atom. The molecule has 1 N–H and O–H groups in total. The predicted molar refractivity (Wildman–Crippen MR) is 122 cm³/mol. The van der Waals surface area contributed by atoms with Crippen LogP contribution in [0.15, 0.2) is 72.8 Å². The summed E-state index contributed by atoms with van der Waals surface area (Å²) in [6.07, 6.45) is -2.84. The summed E-state index contributed by atoms with van der Waals surface area (Å²) in [5, 5.41) is 0. The van der Waals surface area contributed by atoms with Gasteiger partial charge < -0.3 is 0 Å². The van der Waals surface area contributed by atoms with Crippen LogP contribution in [-0.4, -0.2) is 25.8 Å². The number of nitrogens with one attached hydrogen (secondary N) is 1. The molecule has 1 aliphatic carbocycles. The van der Waals surface area contributed by atoms with E-state index in [2.05, 4.69) is 29.0 Å². The number of hydrogen-bond donors (Lipinski definition) is 1. The van der Waals surface area contributed by atoms with Crippen LogP contribution < -0.4 is 4.72 Å². The number of fused-ring (bicyclic) bond motifs is 3. The van der Waals surface area contributed by atoms with Crippen LogP contribution in [0.4, 0.5) is 18.9 Å². The molecule has 1 atom stereocenters. The van der Waals surface area contributed by atoms with E-state index in [-0.39, 0.29) is 17.5 Å². The average Bonchev–Trinajstić information content (AvgIpc) is 3.13. The highest BCUT2D eigenvalue weighted by atomic mass is 32.2. The lowest BCUT2D eigenvalue weighted by molar-refractivity contribution is -0.137. The van der Waals surface area contributed by atoms with Crippen LogP contribution in [0.5, 0.6) is 0 Å². The molecule has 0 radical (unpaired) electrons. The van der Waals surface area contributed by atoms with Crippen LogP contribution in [0.25, 0.3) is 11.1 Å². The molecule has 1 heterocycles. The number of rotatable bonds is 4. The van der Waals surface area contributed by atoms with Gasteiger partial charge in [0.2, 0.25) is 0 Å². The molecule has 3 aromatic carbocycles. The average molecular weight is 473 g/mol. The van der Waals surface area contributed by atoms with E-state index >= 15 is 0 Å². The lowest BCUT2D eigenvalue weighted by Crippen LogP contribution is -2.44. The summed E-state index contributed by atoms with van der Waals surface area (Å²) >= 11 is 0. The first-order chi connectivity index (χ1) is 15.7. The van der Waals surface area contributed by atoms with E-state index in [0.29, 0.717) is 13.1 Å². The lowest BCUT2D eigenvalue weighted by Gasteiger charge is -2.35. The van der Waals surface area contributed by atoms with Gasteiger partial charge in [0.15, 0.2) is 0 Å². The van der Waals surface area contributed by atoms with E-state index in [1.165, 1.54) is 26.6 Å². The SMILES string of the molecule is O=S(=O)(Nc1ccc(C(F)(F)F)cc1)N1CCCC(C2c3ccccc3-c3ccccc32)C1. The minimum Gasteiger partial charge on any atom is -0.271 e. The van der Waals surface area contributed by atoms with Crippen LogP contribution >= 0.6 is 0 Å². The number of nitrogens with zero attached hydrogens (tertiary/aromatic N) is 1. The van der Waals surface area contributed by atoms with Gasteiger partial charge in [-0.05, 0) is 65.3 Å². The minimum absolute atomic E-state index is 0.104. The van der Waals surface area contributed by atoms with E-state index in [4.69, 9.17) is 0 Å². The fourth-order valence-corrected chi connectivity index (χ4v) is 6.43. The molecule has 1 saturated heterocycles. The van der Waals surface area contributed by atoms with Crippen molar-refractivity contribution in [2.24, 2.45) is 5.92 Å². The van der Waals surface area contributed by atoms with Crippen molar-refractivity contribution < 1.29 is 21.6 Å². The Bertz CT molecular complexity index is 1230. The fraction of sp³-hybridized carbons (Fsp3) is 0.280. The van der Waals surface area contributed by atoms with Crippen molar-refractivity contribution in [1.82, 2.24) is 4.31 Å². The zero-order chi connectivity index (χ0) is 23.2. The van der Waals surface area contributed by atoms with Gasteiger partial charge in [0, 0.05) is 24.7 Å². The molecule has 5 rings (SSSR count). The molecule has 33 heavy (non-hydrogen) atoms. The Balaban J connectivity index is 1.38. The topological polar surface area (TPSA) is 49.4 Å². The maximum Gasteiger partial charge on any atom is 0.416 e. The number of hydrogen-bond acceptors (Lipinski definition) is 2. The van der Waals surface area contributed by atoms with E-state index in [1.807, 2.05) is 24.3 Å². The second-order valence-electron chi connectivity index (χ2n) is 8.59. The van der Waals surface area contributed by atoms with E-state index in [0.717, 1.165) is 37.1 Å². The second kappa shape index (κ2) is 8.18. The highest BCUT2D eigenvalue weighted by molar-refractivity contribution is 7.90. The zero-order valence-electron chi connectivity index (χ0n) is 17.7. The van der Waals surface area contributed by atoms with Gasteiger partial charge in [0.05, 0.1) is 5.56 Å². The smallest absolute Gasteiger partial charge is 0.271 e. The van der Waals surface area contributed by atoms with Crippen LogP contribution in [0.3, 0.4) is 0 Å². The van der Waals surface area contributed by atoms with E-state index in [1.54, 1.807) is 0 Å². The molecule has 3 aromatic rings. The Labute approximate surface area is 191 Å². The monoisotopic (exact) mass is 472 g/mol. The van der Waals surface area contributed by atoms with Gasteiger partial charge in [0.1, 0.15) is 0 Å². The van der Waals surface area contributed by atoms with Crippen molar-refractivity contribution in [3.63, 3.8) is 0 Å². The van der Waals surface area contributed by atoms with Crippen LogP contribution in [0.1, 0.15) is 35.4 Å². The quantitative estimate of drug-likeness (QED) is 0.515. The highest BCUT2D eigenvalue weighted by Crippen LogP contribution is 2.50. The summed E-state index contributed by atoms with van der Waals surface area (Å²) in [7, 11) is -3.90. The van der Waals surface area contributed by atoms with Gasteiger partial charge in [0.25, 0.3) is 0 Å². The first-order valence-corrected chi connectivity index (χ1v) is 12.3. The Morgan fingerprint density at radius 2 is 1.42 bits per heavy atom. The normalized spacial score (nSPS) is 19.2. The molecule has 2 aliphatic rings. The van der Waals surface area contributed by atoms with Gasteiger partial charge in [-0.25, -0.2) is 0 Å². The van der Waals surface area contributed by atoms with Crippen LogP contribution in [0.2, 0.25) is 0 Å². The lowest BCUT2D eigenvalue weighted by atomic mass is 9.80. The van der Waals surface area contributed by atoms with Gasteiger partial charge in [-0.3, -0.25) is 4.72 Å². The molecule has 0 spiro atoms. The third kappa shape index (κ3) is 4.13. The molecule has 1 fully saturated rings. The van der Waals surface area contributed by atoms with Crippen molar-refractivity contribution in [2.45, 2.75) is 24.9 Å². The summed E-state index contributed by atoms with van der Waals surface area (Å²) in [6, 6.07) is 20.6. The minimum atomic E-state index is -4.47. The van der Waals surface area contributed by atoms with Gasteiger partial charge in [-0.2, -0.15) is 25.9 Å². The highest BCUT2D eigenvalue weighted by Gasteiger charge is 2.39. The molecule has 0 amide bonds. The molecule has 0 saturated carbocycles. The van der Waals surface area contributed by atoms with Gasteiger partial charge in [-0.1, -0.05) is 48.5 Å². The number of benzene rings is 3. The molecule has 4 nitrogen and oxygen atoms in total. The maximum atomic E-state index is 13.1. The molecule has 0 aromatic heterocycles. The zero-order valence-corrected chi connectivity index (χ0v) is 18.5. The molecule has 172 valence electrons. The van der Waals surface area contributed by atoms with Gasteiger partial charge >= 0.3 is 16.4 Å². The predicted octanol–water partition coefficient (Wildman–Crippen LogP) is 5.89. The summed E-state index contributed by atoms with van der Waals surface area (Å²) in [5.41, 5.74) is 4.13. The van der Waals surface area contributed by atoms with Crippen molar-refractivity contribution in [3.05, 3.63) is 89.5 Å². The Morgan fingerprint density at radius 1 is 0.848 bits per heavy atom. The van der Waals surface area contributed by atoms with E-state index in [9.17, 15) is 21.6 Å². The van der Waals surface area contributed by atoms with Crippen molar-refractivity contribution >= 4 is 15.9 Å². The van der Waals surface area contributed by atoms with Crippen molar-refractivity contribution in [3.8, 4) is 11.1 Å². The molecule has 0 bridgehead atoms. The van der Waals surface area contributed by atoms with Gasteiger partial charge in [-0.15, -0.1) is 0 Å². The third-order valence-electron chi connectivity index (χ3n) is 6.57. The molecule has 8 heteroatoms. The first-order valence-electron chi connectivity index (χ1n) is 10.9. The number of halogens is 3. The largest absolute Gasteiger partial charge is 0.416 e. The molecular formula is C25H23F3N2O2S. The third-order valence-corrected chi connectivity index (χ3v) is 8.08. The maximum absolute atomic E-state index is 13.1. The molecule has 1 unspecified atom stereocenters.